The smallest absolute Gasteiger partial charge is 0.255 e. The third kappa shape index (κ3) is 6.70. The Labute approximate surface area is 218 Å². The third-order valence-corrected chi connectivity index (χ3v) is 7.30. The molecule has 0 aliphatic carbocycles. The normalized spacial score (nSPS) is 18.4. The van der Waals surface area contributed by atoms with Gasteiger partial charge in [0.25, 0.3) is 11.8 Å². The molecule has 0 aromatic heterocycles. The third-order valence-electron chi connectivity index (χ3n) is 6.03. The number of halogens is 1. The number of nitrogens with zero attached hydrogens (tertiary/aromatic N) is 1. The molecule has 1 heterocycles. The van der Waals surface area contributed by atoms with Crippen molar-refractivity contribution in [3.63, 3.8) is 0 Å². The van der Waals surface area contributed by atoms with Gasteiger partial charge in [-0.2, -0.15) is 0 Å². The van der Waals surface area contributed by atoms with Crippen LogP contribution < -0.4 is 14.0 Å². The Morgan fingerprint density at radius 3 is 2.59 bits per heavy atom. The van der Waals surface area contributed by atoms with Crippen molar-refractivity contribution in [2.24, 2.45) is 5.14 Å². The van der Waals surface area contributed by atoms with Crippen LogP contribution in [0.25, 0.3) is 0 Å². The van der Waals surface area contributed by atoms with Gasteiger partial charge in [-0.15, -0.1) is 0 Å². The van der Waals surface area contributed by atoms with E-state index in [0.717, 1.165) is 40.8 Å². The molecule has 10 heteroatoms. The van der Waals surface area contributed by atoms with E-state index in [1.807, 2.05) is 55.5 Å². The van der Waals surface area contributed by atoms with Crippen LogP contribution in [0.5, 0.6) is 0 Å². The molecule has 2 aromatic carbocycles. The Morgan fingerprint density at radius 1 is 1.21 bits per heavy atom. The number of hydrogen-bond donors (Lipinski definition) is 5. The summed E-state index contributed by atoms with van der Waals surface area (Å²) in [7, 11) is 0. The number of aliphatic hydroxyl groups is 2. The topological polar surface area (TPSA) is 128 Å². The monoisotopic (exact) mass is 598 g/mol. The average molecular weight is 599 g/mol. The summed E-state index contributed by atoms with van der Waals surface area (Å²) in [6.45, 7) is 2.63. The van der Waals surface area contributed by atoms with Crippen LogP contribution in [-0.4, -0.2) is 51.4 Å². The summed E-state index contributed by atoms with van der Waals surface area (Å²) in [5.41, 5.74) is 3.98. The lowest BCUT2D eigenvalue weighted by atomic mass is 10.0. The van der Waals surface area contributed by atoms with Crippen molar-refractivity contribution in [1.82, 2.24) is 13.7 Å². The highest BCUT2D eigenvalue weighted by Crippen LogP contribution is 2.33. The fraction of sp³-hybridized carbons (Fsp3) is 0.417. The second-order valence-electron chi connectivity index (χ2n) is 8.45. The summed E-state index contributed by atoms with van der Waals surface area (Å²) in [6.07, 6.45) is -2.09. The van der Waals surface area contributed by atoms with Crippen molar-refractivity contribution < 1.29 is 19.8 Å². The fourth-order valence-electron chi connectivity index (χ4n) is 4.15. The van der Waals surface area contributed by atoms with Crippen LogP contribution >= 0.6 is 34.8 Å². The maximum atomic E-state index is 12.9. The minimum Gasteiger partial charge on any atom is -0.380 e. The standard InChI is InChI=1S/C24H31IN4O4S/c1-15-4-2-5-18(12-15)20-6-3-11-29(20)24(33)22(31)21(30)23(32)27-13-16-7-9-17(10-8-16)19(28-25)14-34-26/h2,4-5,7-10,12,19-22,28,30-31H,3,6,11,13-14,26H2,1H3,(H,27,32)/t19?,20?,21-,22-/m1/s1. The quantitative estimate of drug-likeness (QED) is 0.161. The number of benzene rings is 2. The Morgan fingerprint density at radius 2 is 1.94 bits per heavy atom. The highest BCUT2D eigenvalue weighted by molar-refractivity contribution is 14.1. The van der Waals surface area contributed by atoms with Gasteiger partial charge in [0.1, 0.15) is 0 Å². The summed E-state index contributed by atoms with van der Waals surface area (Å²) in [5, 5.41) is 29.0. The molecule has 0 spiro atoms. The van der Waals surface area contributed by atoms with Gasteiger partial charge in [-0.05, 0) is 36.5 Å². The van der Waals surface area contributed by atoms with Gasteiger partial charge in [-0.1, -0.05) is 66.0 Å². The number of likely N-dealkylation sites (tertiary alicyclic amines) is 1. The van der Waals surface area contributed by atoms with Crippen LogP contribution in [-0.2, 0) is 16.1 Å². The van der Waals surface area contributed by atoms with E-state index < -0.39 is 24.0 Å². The molecule has 1 aliphatic heterocycles. The zero-order valence-electron chi connectivity index (χ0n) is 19.0. The van der Waals surface area contributed by atoms with E-state index in [-0.39, 0.29) is 18.6 Å². The second kappa shape index (κ2) is 12.8. The van der Waals surface area contributed by atoms with Crippen LogP contribution in [0.2, 0.25) is 0 Å². The first-order chi connectivity index (χ1) is 16.3. The molecule has 1 aliphatic rings. The van der Waals surface area contributed by atoms with Crippen molar-refractivity contribution in [3.8, 4) is 0 Å². The Hall–Kier alpha value is -1.70. The van der Waals surface area contributed by atoms with E-state index >= 15 is 0 Å². The van der Waals surface area contributed by atoms with Crippen LogP contribution in [0.15, 0.2) is 48.5 Å². The summed E-state index contributed by atoms with van der Waals surface area (Å²) < 4.78 is 3.17. The number of aliphatic hydroxyl groups excluding tert-OH is 2. The molecule has 0 bridgehead atoms. The molecule has 2 amide bonds. The van der Waals surface area contributed by atoms with E-state index in [4.69, 9.17) is 5.14 Å². The number of nitrogens with one attached hydrogen (secondary N) is 2. The zero-order chi connectivity index (χ0) is 24.7. The van der Waals surface area contributed by atoms with Crippen LogP contribution in [0.3, 0.4) is 0 Å². The number of hydrogen-bond acceptors (Lipinski definition) is 7. The van der Waals surface area contributed by atoms with Gasteiger partial charge in [-0.25, -0.2) is 0 Å². The summed E-state index contributed by atoms with van der Waals surface area (Å²) >= 11 is 3.35. The van der Waals surface area contributed by atoms with E-state index in [2.05, 4.69) is 31.7 Å². The molecule has 2 aromatic rings. The summed E-state index contributed by atoms with van der Waals surface area (Å²) in [4.78, 5) is 27.0. The number of amides is 2. The van der Waals surface area contributed by atoms with Gasteiger partial charge in [0.2, 0.25) is 0 Å². The highest BCUT2D eigenvalue weighted by Gasteiger charge is 2.38. The molecular formula is C24H31IN4O4S. The molecule has 34 heavy (non-hydrogen) atoms. The molecule has 4 atom stereocenters. The average Bonchev–Trinajstić information content (AvgIpc) is 3.35. The van der Waals surface area contributed by atoms with Crippen LogP contribution in [0.1, 0.15) is 47.2 Å². The van der Waals surface area contributed by atoms with Gasteiger partial charge >= 0.3 is 0 Å². The first kappa shape index (κ1) is 26.9. The molecule has 6 N–H and O–H groups in total. The number of rotatable bonds is 10. The first-order valence-electron chi connectivity index (χ1n) is 11.1. The molecule has 1 saturated heterocycles. The lowest BCUT2D eigenvalue weighted by Crippen LogP contribution is -2.50. The Balaban J connectivity index is 1.57. The molecule has 3 rings (SSSR count). The minimum atomic E-state index is -1.85. The van der Waals surface area contributed by atoms with Gasteiger partial charge in [0.05, 0.1) is 12.1 Å². The second-order valence-corrected chi connectivity index (χ2v) is 9.74. The summed E-state index contributed by atoms with van der Waals surface area (Å²) in [5.74, 6) is -0.701. The van der Waals surface area contributed by atoms with Crippen molar-refractivity contribution in [1.29, 1.82) is 0 Å². The van der Waals surface area contributed by atoms with E-state index in [9.17, 15) is 19.8 Å². The van der Waals surface area contributed by atoms with E-state index in [0.29, 0.717) is 6.54 Å². The van der Waals surface area contributed by atoms with Gasteiger partial charge in [0, 0.05) is 41.7 Å². The zero-order valence-corrected chi connectivity index (χ0v) is 22.0. The number of carbonyl (C=O) groups excluding carboxylic acids is 2. The molecular weight excluding hydrogens is 567 g/mol. The highest BCUT2D eigenvalue weighted by atomic mass is 127. The maximum absolute atomic E-state index is 12.9. The number of carbonyl (C=O) groups is 2. The largest absolute Gasteiger partial charge is 0.380 e. The van der Waals surface area contributed by atoms with Gasteiger partial charge < -0.3 is 20.4 Å². The molecule has 0 radical (unpaired) electrons. The Bertz CT molecular complexity index is 978. The summed E-state index contributed by atoms with van der Waals surface area (Å²) in [6, 6.07) is 15.5. The van der Waals surface area contributed by atoms with Crippen molar-refractivity contribution in [3.05, 3.63) is 70.8 Å². The molecule has 1 fully saturated rings. The van der Waals surface area contributed by atoms with Crippen molar-refractivity contribution >= 4 is 46.6 Å². The minimum absolute atomic E-state index is 0.108. The van der Waals surface area contributed by atoms with E-state index in [1.165, 1.54) is 11.9 Å². The van der Waals surface area contributed by atoms with Gasteiger partial charge in [-0.3, -0.25) is 18.3 Å². The number of aryl methyl sites for hydroxylation is 1. The SMILES string of the molecule is Cc1cccc(C2CCCN2C(=O)[C@H](O)[C@@H](O)C(=O)NCc2ccc(C(CSN)NI)cc2)c1. The Kier molecular flexibility index (Phi) is 10.2. The van der Waals surface area contributed by atoms with Crippen LogP contribution in [0.4, 0.5) is 0 Å². The molecule has 0 saturated carbocycles. The maximum Gasteiger partial charge on any atom is 0.255 e. The lowest BCUT2D eigenvalue weighted by Gasteiger charge is -2.28. The van der Waals surface area contributed by atoms with Gasteiger partial charge in [0.15, 0.2) is 12.2 Å². The van der Waals surface area contributed by atoms with E-state index in [1.54, 1.807) is 4.90 Å². The fourth-order valence-corrected chi connectivity index (χ4v) is 5.50. The van der Waals surface area contributed by atoms with Crippen LogP contribution in [0, 0.1) is 6.92 Å². The lowest BCUT2D eigenvalue weighted by molar-refractivity contribution is -0.153. The molecule has 184 valence electrons. The first-order valence-corrected chi connectivity index (χ1v) is 13.3. The predicted octanol–water partition coefficient (Wildman–Crippen LogP) is 2.28. The van der Waals surface area contributed by atoms with Crippen molar-refractivity contribution in [2.75, 3.05) is 12.3 Å². The predicted molar refractivity (Wildman–Crippen MR) is 142 cm³/mol. The molecule has 8 nitrogen and oxygen atoms in total. The number of nitrogens with two attached hydrogens (primary N) is 1. The van der Waals surface area contributed by atoms with Crippen molar-refractivity contribution in [2.45, 2.75) is 50.6 Å². The molecule has 2 unspecified atom stereocenters.